The van der Waals surface area contributed by atoms with Crippen LogP contribution in [0.5, 0.6) is 0 Å². The number of H-pyrrole nitrogens is 1. The van der Waals surface area contributed by atoms with Gasteiger partial charge in [0.1, 0.15) is 23.1 Å². The van der Waals surface area contributed by atoms with Gasteiger partial charge in [-0.3, -0.25) is 0 Å². The number of fused-ring (bicyclic) bond motifs is 1. The number of nitrogens with zero attached hydrogens (tertiary/aromatic N) is 3. The maximum absolute atomic E-state index is 9.25. The van der Waals surface area contributed by atoms with Gasteiger partial charge in [-0.05, 0) is 41.8 Å². The average Bonchev–Trinajstić information content (AvgIpc) is 3.27. The number of aromatic amines is 1. The summed E-state index contributed by atoms with van der Waals surface area (Å²) in [5, 5.41) is 20.8. The smallest absolute Gasteiger partial charge is 0.163 e. The predicted molar refractivity (Wildman–Crippen MR) is 95.8 cm³/mol. The van der Waals surface area contributed by atoms with Gasteiger partial charge in [0.15, 0.2) is 5.69 Å². The van der Waals surface area contributed by atoms with Crippen LogP contribution < -0.4 is 0 Å². The second-order valence-electron chi connectivity index (χ2n) is 6.29. The van der Waals surface area contributed by atoms with Crippen molar-refractivity contribution < 1.29 is 4.42 Å². The molecule has 2 aromatic heterocycles. The zero-order valence-electron chi connectivity index (χ0n) is 13.9. The van der Waals surface area contributed by atoms with Gasteiger partial charge in [-0.2, -0.15) is 5.26 Å². The number of aromatic nitrogens is 3. The zero-order chi connectivity index (χ0) is 17.4. The predicted octanol–water partition coefficient (Wildman–Crippen LogP) is 4.88. The SMILES string of the molecule is CC(C)c1cc(-c2cc3ccccc3o2)cc(-c2nn[nH]c2C#N)c1. The molecule has 0 fully saturated rings. The molecule has 4 aromatic rings. The van der Waals surface area contributed by atoms with E-state index in [0.29, 0.717) is 17.3 Å². The normalized spacial score (nSPS) is 11.1. The van der Waals surface area contributed by atoms with E-state index in [2.05, 4.69) is 47.5 Å². The molecule has 0 aliphatic rings. The molecule has 2 heterocycles. The summed E-state index contributed by atoms with van der Waals surface area (Å²) in [7, 11) is 0. The molecule has 0 radical (unpaired) electrons. The molecule has 0 atom stereocenters. The van der Waals surface area contributed by atoms with Gasteiger partial charge in [-0.25, -0.2) is 5.10 Å². The second-order valence-corrected chi connectivity index (χ2v) is 6.29. The van der Waals surface area contributed by atoms with E-state index in [1.165, 1.54) is 0 Å². The minimum atomic E-state index is 0.334. The molecule has 0 saturated heterocycles. The van der Waals surface area contributed by atoms with Crippen molar-refractivity contribution in [2.45, 2.75) is 19.8 Å². The van der Waals surface area contributed by atoms with Gasteiger partial charge in [0.05, 0.1) is 0 Å². The third kappa shape index (κ3) is 2.68. The molecule has 0 saturated carbocycles. The highest BCUT2D eigenvalue weighted by Gasteiger charge is 2.15. The van der Waals surface area contributed by atoms with E-state index in [1.807, 2.05) is 36.4 Å². The fourth-order valence-corrected chi connectivity index (χ4v) is 2.90. The lowest BCUT2D eigenvalue weighted by molar-refractivity contribution is 0.631. The van der Waals surface area contributed by atoms with Crippen molar-refractivity contribution in [1.29, 1.82) is 5.26 Å². The topological polar surface area (TPSA) is 78.5 Å². The molecule has 2 aromatic carbocycles. The molecule has 5 nitrogen and oxygen atoms in total. The lowest BCUT2D eigenvalue weighted by Gasteiger charge is -2.10. The summed E-state index contributed by atoms with van der Waals surface area (Å²) in [6.45, 7) is 4.27. The molecule has 0 aliphatic carbocycles. The van der Waals surface area contributed by atoms with E-state index in [9.17, 15) is 5.26 Å². The summed E-state index contributed by atoms with van der Waals surface area (Å²) < 4.78 is 6.01. The second kappa shape index (κ2) is 5.91. The number of para-hydroxylation sites is 1. The van der Waals surface area contributed by atoms with E-state index in [-0.39, 0.29) is 0 Å². The van der Waals surface area contributed by atoms with Gasteiger partial charge in [-0.1, -0.05) is 37.3 Å². The van der Waals surface area contributed by atoms with Crippen molar-refractivity contribution in [3.8, 4) is 28.7 Å². The summed E-state index contributed by atoms with van der Waals surface area (Å²) in [4.78, 5) is 0. The Morgan fingerprint density at radius 2 is 1.88 bits per heavy atom. The Morgan fingerprint density at radius 1 is 1.08 bits per heavy atom. The minimum Gasteiger partial charge on any atom is -0.456 e. The molecular weight excluding hydrogens is 312 g/mol. The van der Waals surface area contributed by atoms with Crippen LogP contribution in [-0.2, 0) is 0 Å². The number of rotatable bonds is 3. The molecule has 0 spiro atoms. The van der Waals surface area contributed by atoms with Crippen molar-refractivity contribution in [3.63, 3.8) is 0 Å². The van der Waals surface area contributed by atoms with Crippen molar-refractivity contribution in [1.82, 2.24) is 15.4 Å². The van der Waals surface area contributed by atoms with Crippen molar-refractivity contribution in [3.05, 3.63) is 59.8 Å². The summed E-state index contributed by atoms with van der Waals surface area (Å²) >= 11 is 0. The lowest BCUT2D eigenvalue weighted by Crippen LogP contribution is -1.92. The lowest BCUT2D eigenvalue weighted by atomic mass is 9.95. The molecule has 25 heavy (non-hydrogen) atoms. The maximum atomic E-state index is 9.25. The highest BCUT2D eigenvalue weighted by atomic mass is 16.3. The van der Waals surface area contributed by atoms with Crippen LogP contribution in [0.25, 0.3) is 33.6 Å². The van der Waals surface area contributed by atoms with E-state index < -0.39 is 0 Å². The number of nitrogens with one attached hydrogen (secondary N) is 1. The molecule has 122 valence electrons. The van der Waals surface area contributed by atoms with E-state index in [1.54, 1.807) is 0 Å². The fraction of sp³-hybridized carbons (Fsp3) is 0.150. The Hall–Kier alpha value is -3.39. The highest BCUT2D eigenvalue weighted by molar-refractivity contribution is 5.84. The summed E-state index contributed by atoms with van der Waals surface area (Å²) in [5.41, 5.74) is 4.74. The summed E-state index contributed by atoms with van der Waals surface area (Å²) in [5.74, 6) is 1.13. The van der Waals surface area contributed by atoms with Crippen molar-refractivity contribution in [2.75, 3.05) is 0 Å². The van der Waals surface area contributed by atoms with Crippen LogP contribution in [0.3, 0.4) is 0 Å². The first-order valence-corrected chi connectivity index (χ1v) is 8.11. The third-order valence-electron chi connectivity index (χ3n) is 4.27. The van der Waals surface area contributed by atoms with Gasteiger partial charge in [-0.15, -0.1) is 5.10 Å². The van der Waals surface area contributed by atoms with Gasteiger partial charge < -0.3 is 4.42 Å². The van der Waals surface area contributed by atoms with Crippen LogP contribution in [0.15, 0.2) is 52.9 Å². The summed E-state index contributed by atoms with van der Waals surface area (Å²) in [6, 6.07) is 18.2. The van der Waals surface area contributed by atoms with Gasteiger partial charge >= 0.3 is 0 Å². The van der Waals surface area contributed by atoms with Crippen molar-refractivity contribution in [2.24, 2.45) is 0 Å². The minimum absolute atomic E-state index is 0.334. The molecule has 0 aliphatic heterocycles. The third-order valence-corrected chi connectivity index (χ3v) is 4.27. The molecule has 0 unspecified atom stereocenters. The quantitative estimate of drug-likeness (QED) is 0.581. The Morgan fingerprint density at radius 3 is 2.64 bits per heavy atom. The fourth-order valence-electron chi connectivity index (χ4n) is 2.90. The van der Waals surface area contributed by atoms with Crippen LogP contribution in [0.2, 0.25) is 0 Å². The van der Waals surface area contributed by atoms with Crippen LogP contribution in [-0.4, -0.2) is 15.4 Å². The molecule has 0 bridgehead atoms. The van der Waals surface area contributed by atoms with E-state index in [4.69, 9.17) is 4.42 Å². The Kier molecular flexibility index (Phi) is 3.58. The Bertz CT molecular complexity index is 1070. The van der Waals surface area contributed by atoms with Gasteiger partial charge in [0.25, 0.3) is 0 Å². The monoisotopic (exact) mass is 328 g/mol. The number of hydrogen-bond donors (Lipinski definition) is 1. The molecule has 4 rings (SSSR count). The van der Waals surface area contributed by atoms with Crippen LogP contribution >= 0.6 is 0 Å². The van der Waals surface area contributed by atoms with Gasteiger partial charge in [0, 0.05) is 16.5 Å². The van der Waals surface area contributed by atoms with E-state index in [0.717, 1.165) is 33.4 Å². The number of hydrogen-bond acceptors (Lipinski definition) is 4. The maximum Gasteiger partial charge on any atom is 0.163 e. The zero-order valence-corrected chi connectivity index (χ0v) is 13.9. The highest BCUT2D eigenvalue weighted by Crippen LogP contribution is 2.33. The standard InChI is InChI=1S/C20H16N4O/c1-12(2)14-7-15(19-10-13-5-3-4-6-18(13)25-19)9-16(8-14)20-17(11-21)22-24-23-20/h3-10,12H,1-2H3,(H,22,23,24). The molecule has 5 heteroatoms. The summed E-state index contributed by atoms with van der Waals surface area (Å²) in [6.07, 6.45) is 0. The Labute approximate surface area is 144 Å². The van der Waals surface area contributed by atoms with Crippen LogP contribution in [0.1, 0.15) is 31.0 Å². The average molecular weight is 328 g/mol. The van der Waals surface area contributed by atoms with Crippen LogP contribution in [0.4, 0.5) is 0 Å². The molecule has 1 N–H and O–H groups in total. The van der Waals surface area contributed by atoms with E-state index >= 15 is 0 Å². The number of nitriles is 1. The largest absolute Gasteiger partial charge is 0.456 e. The van der Waals surface area contributed by atoms with Gasteiger partial charge in [0.2, 0.25) is 0 Å². The first-order valence-electron chi connectivity index (χ1n) is 8.11. The van der Waals surface area contributed by atoms with Crippen molar-refractivity contribution >= 4 is 11.0 Å². The number of furan rings is 1. The first kappa shape index (κ1) is 15.2. The molecular formula is C20H16N4O. The van der Waals surface area contributed by atoms with Crippen LogP contribution in [0, 0.1) is 11.3 Å². The number of benzene rings is 2. The Balaban J connectivity index is 1.92. The molecule has 0 amide bonds. The first-order chi connectivity index (χ1) is 12.2.